The molecule has 1 aromatic carbocycles. The lowest BCUT2D eigenvalue weighted by molar-refractivity contribution is -0.113. The highest BCUT2D eigenvalue weighted by Gasteiger charge is 2.20. The molecule has 1 saturated heterocycles. The van der Waals surface area contributed by atoms with E-state index in [1.807, 2.05) is 0 Å². The summed E-state index contributed by atoms with van der Waals surface area (Å²) in [5.74, 6) is -0.164. The van der Waals surface area contributed by atoms with E-state index >= 15 is 0 Å². The highest BCUT2D eigenvalue weighted by molar-refractivity contribution is 7.99. The molecule has 2 aromatic rings. The number of ether oxygens (including phenoxy) is 1. The van der Waals surface area contributed by atoms with Gasteiger partial charge in [0, 0.05) is 11.6 Å². The summed E-state index contributed by atoms with van der Waals surface area (Å²) in [6.07, 6.45) is 1.91. The highest BCUT2D eigenvalue weighted by Crippen LogP contribution is 2.26. The number of thioether (sulfide) groups is 1. The molecule has 0 bridgehead atoms. The number of amides is 1. The number of aromatic amines is 1. The minimum Gasteiger partial charge on any atom is -0.376 e. The zero-order valence-corrected chi connectivity index (χ0v) is 15.5. The Kier molecular flexibility index (Phi) is 6.06. The molecule has 1 aliphatic heterocycles. The van der Waals surface area contributed by atoms with Crippen molar-refractivity contribution in [3.63, 3.8) is 0 Å². The number of hydrogen-bond acceptors (Lipinski definition) is 5. The van der Waals surface area contributed by atoms with Crippen molar-refractivity contribution in [2.75, 3.05) is 17.7 Å². The number of carbonyl (C=O) groups is 1. The van der Waals surface area contributed by atoms with Crippen LogP contribution in [0, 0.1) is 0 Å². The molecular formula is C15H16Cl2N4O3S. The van der Waals surface area contributed by atoms with Crippen LogP contribution in [0.2, 0.25) is 10.0 Å². The molecule has 0 saturated carbocycles. The summed E-state index contributed by atoms with van der Waals surface area (Å²) in [4.78, 5) is 24.0. The van der Waals surface area contributed by atoms with Crippen LogP contribution in [-0.4, -0.2) is 39.1 Å². The third-order valence-electron chi connectivity index (χ3n) is 3.67. The number of carbonyl (C=O) groups excluding carboxylic acids is 1. The molecule has 1 amide bonds. The van der Waals surface area contributed by atoms with Crippen LogP contribution >= 0.6 is 35.0 Å². The summed E-state index contributed by atoms with van der Waals surface area (Å²) >= 11 is 13.0. The monoisotopic (exact) mass is 402 g/mol. The first kappa shape index (κ1) is 18.3. The van der Waals surface area contributed by atoms with Gasteiger partial charge in [-0.1, -0.05) is 35.0 Å². The van der Waals surface area contributed by atoms with Crippen molar-refractivity contribution in [1.82, 2.24) is 14.8 Å². The van der Waals surface area contributed by atoms with Crippen molar-refractivity contribution in [3.05, 3.63) is 38.7 Å². The van der Waals surface area contributed by atoms with Crippen LogP contribution in [0.5, 0.6) is 0 Å². The molecule has 7 nitrogen and oxygen atoms in total. The molecule has 1 aliphatic rings. The fourth-order valence-corrected chi connectivity index (χ4v) is 3.69. The Labute approximate surface area is 158 Å². The third kappa shape index (κ3) is 4.78. The lowest BCUT2D eigenvalue weighted by Gasteiger charge is -2.11. The number of nitrogens with one attached hydrogen (secondary N) is 2. The second kappa shape index (κ2) is 8.27. The summed E-state index contributed by atoms with van der Waals surface area (Å²) in [6.45, 7) is 1.15. The zero-order valence-electron chi connectivity index (χ0n) is 13.1. The molecule has 1 fully saturated rings. The highest BCUT2D eigenvalue weighted by atomic mass is 35.5. The number of H-pyrrole nitrogens is 1. The molecule has 1 aromatic heterocycles. The second-order valence-electron chi connectivity index (χ2n) is 5.52. The average molecular weight is 403 g/mol. The Bertz CT molecular complexity index is 817. The molecule has 10 heteroatoms. The van der Waals surface area contributed by atoms with E-state index in [-0.39, 0.29) is 23.5 Å². The topological polar surface area (TPSA) is 89.0 Å². The minimum atomic E-state index is -0.306. The number of anilines is 1. The van der Waals surface area contributed by atoms with Crippen LogP contribution in [0.25, 0.3) is 0 Å². The fraction of sp³-hybridized carbons (Fsp3) is 0.400. The summed E-state index contributed by atoms with van der Waals surface area (Å²) in [6, 6.07) is 4.83. The Morgan fingerprint density at radius 3 is 3.04 bits per heavy atom. The van der Waals surface area contributed by atoms with E-state index in [4.69, 9.17) is 27.9 Å². The molecule has 0 radical (unpaired) electrons. The first-order valence-corrected chi connectivity index (χ1v) is 9.41. The van der Waals surface area contributed by atoms with Crippen molar-refractivity contribution in [3.8, 4) is 0 Å². The van der Waals surface area contributed by atoms with Gasteiger partial charge in [0.1, 0.15) is 0 Å². The van der Waals surface area contributed by atoms with Crippen LogP contribution in [0.4, 0.5) is 5.69 Å². The van der Waals surface area contributed by atoms with Crippen molar-refractivity contribution in [1.29, 1.82) is 0 Å². The van der Waals surface area contributed by atoms with Gasteiger partial charge < -0.3 is 10.1 Å². The molecule has 1 atom stereocenters. The van der Waals surface area contributed by atoms with Crippen LogP contribution in [0.1, 0.15) is 12.8 Å². The maximum absolute atomic E-state index is 12.1. The predicted molar refractivity (Wildman–Crippen MR) is 97.6 cm³/mol. The maximum Gasteiger partial charge on any atom is 0.344 e. The van der Waals surface area contributed by atoms with Gasteiger partial charge in [0.05, 0.1) is 29.1 Å². The summed E-state index contributed by atoms with van der Waals surface area (Å²) in [5.41, 5.74) is 0.176. The molecule has 0 spiro atoms. The van der Waals surface area contributed by atoms with Gasteiger partial charge in [-0.3, -0.25) is 9.36 Å². The van der Waals surface area contributed by atoms with Gasteiger partial charge in [-0.25, -0.2) is 9.89 Å². The van der Waals surface area contributed by atoms with E-state index in [0.717, 1.165) is 12.8 Å². The van der Waals surface area contributed by atoms with E-state index in [9.17, 15) is 9.59 Å². The molecule has 2 heterocycles. The fourth-order valence-electron chi connectivity index (χ4n) is 2.47. The van der Waals surface area contributed by atoms with E-state index in [1.54, 1.807) is 18.2 Å². The normalized spacial score (nSPS) is 17.0. The van der Waals surface area contributed by atoms with Crippen LogP contribution in [0.3, 0.4) is 0 Å². The third-order valence-corrected chi connectivity index (χ3v) is 5.20. The number of aromatic nitrogens is 3. The molecule has 134 valence electrons. The smallest absolute Gasteiger partial charge is 0.344 e. The van der Waals surface area contributed by atoms with Crippen molar-refractivity contribution < 1.29 is 9.53 Å². The molecule has 3 rings (SSSR count). The van der Waals surface area contributed by atoms with Gasteiger partial charge in [-0.2, -0.15) is 0 Å². The van der Waals surface area contributed by atoms with Crippen molar-refractivity contribution in [2.24, 2.45) is 0 Å². The standard InChI is InChI=1S/C15H16Cl2N4O3S/c16-9-3-4-12(11(17)6-9)18-13(22)8-25-15-20-19-14(23)21(15)7-10-2-1-5-24-10/h3-4,6,10H,1-2,5,7-8H2,(H,18,22)(H,19,23)/t10-/m1/s1. The minimum absolute atomic E-state index is 0.0105. The van der Waals surface area contributed by atoms with E-state index < -0.39 is 0 Å². The zero-order chi connectivity index (χ0) is 17.8. The Morgan fingerprint density at radius 2 is 2.32 bits per heavy atom. The summed E-state index contributed by atoms with van der Waals surface area (Å²) < 4.78 is 7.05. The average Bonchev–Trinajstić information content (AvgIpc) is 3.20. The van der Waals surface area contributed by atoms with Gasteiger partial charge in [0.15, 0.2) is 5.16 Å². The molecule has 0 aliphatic carbocycles. The predicted octanol–water partition coefficient (Wildman–Crippen LogP) is 2.79. The Morgan fingerprint density at radius 1 is 1.48 bits per heavy atom. The van der Waals surface area contributed by atoms with Gasteiger partial charge in [-0.05, 0) is 31.0 Å². The SMILES string of the molecule is O=C(CSc1n[nH]c(=O)n1C[C@H]1CCCO1)Nc1ccc(Cl)cc1Cl. The Hall–Kier alpha value is -1.48. The van der Waals surface area contributed by atoms with Crippen LogP contribution in [-0.2, 0) is 16.1 Å². The lowest BCUT2D eigenvalue weighted by atomic mass is 10.2. The van der Waals surface area contributed by atoms with Crippen LogP contribution in [0.15, 0.2) is 28.2 Å². The van der Waals surface area contributed by atoms with Gasteiger partial charge in [-0.15, -0.1) is 5.10 Å². The number of rotatable bonds is 6. The second-order valence-corrected chi connectivity index (χ2v) is 7.30. The number of nitrogens with zero attached hydrogens (tertiary/aromatic N) is 2. The summed E-state index contributed by atoms with van der Waals surface area (Å²) in [7, 11) is 0. The van der Waals surface area contributed by atoms with Crippen molar-refractivity contribution >= 4 is 46.6 Å². The number of halogens is 2. The first-order chi connectivity index (χ1) is 12.0. The lowest BCUT2D eigenvalue weighted by Crippen LogP contribution is -2.25. The van der Waals surface area contributed by atoms with Gasteiger partial charge in [0.2, 0.25) is 5.91 Å². The van der Waals surface area contributed by atoms with Gasteiger partial charge in [0.25, 0.3) is 0 Å². The van der Waals surface area contributed by atoms with Crippen LogP contribution < -0.4 is 11.0 Å². The van der Waals surface area contributed by atoms with E-state index in [1.165, 1.54) is 16.3 Å². The molecule has 0 unspecified atom stereocenters. The first-order valence-electron chi connectivity index (χ1n) is 7.67. The molecular weight excluding hydrogens is 387 g/mol. The van der Waals surface area contributed by atoms with E-state index in [0.29, 0.717) is 34.0 Å². The van der Waals surface area contributed by atoms with Gasteiger partial charge >= 0.3 is 5.69 Å². The molecule has 2 N–H and O–H groups in total. The quantitative estimate of drug-likeness (QED) is 0.725. The number of hydrogen-bond donors (Lipinski definition) is 2. The van der Waals surface area contributed by atoms with Crippen molar-refractivity contribution in [2.45, 2.75) is 30.6 Å². The summed E-state index contributed by atoms with van der Waals surface area (Å²) in [5, 5.41) is 10.4. The maximum atomic E-state index is 12.1. The van der Waals surface area contributed by atoms with E-state index in [2.05, 4.69) is 15.5 Å². The molecule has 25 heavy (non-hydrogen) atoms. The largest absolute Gasteiger partial charge is 0.376 e. The number of benzene rings is 1. The Balaban J connectivity index is 1.59.